The first kappa shape index (κ1) is 37.9. The first-order chi connectivity index (χ1) is 6.00. The van der Waals surface area contributed by atoms with Gasteiger partial charge in [-0.1, -0.05) is 0 Å². The minimum Gasteiger partial charge on any atom is -1.00 e. The summed E-state index contributed by atoms with van der Waals surface area (Å²) in [5.41, 5.74) is 0. The van der Waals surface area contributed by atoms with Gasteiger partial charge in [0.2, 0.25) is 0 Å². The Bertz CT molecular complexity index is 117. The molecule has 0 aromatic heterocycles. The van der Waals surface area contributed by atoms with Crippen molar-refractivity contribution in [2.75, 3.05) is 0 Å². The molecule has 0 aromatic carbocycles. The Kier molecular flexibility index (Phi) is 36.4. The van der Waals surface area contributed by atoms with E-state index in [1.807, 2.05) is 0 Å². The molecular formula is H18Ca3O12Si3. The van der Waals surface area contributed by atoms with Crippen LogP contribution in [0.15, 0.2) is 0 Å². The van der Waals surface area contributed by atoms with Gasteiger partial charge < -0.3 is 66.1 Å². The summed E-state index contributed by atoms with van der Waals surface area (Å²) >= 11 is 0. The molecule has 0 aromatic rings. The van der Waals surface area contributed by atoms with Crippen LogP contribution in [0.2, 0.25) is 0 Å². The molecule has 12 nitrogen and oxygen atoms in total. The molecule has 0 saturated carbocycles. The summed E-state index contributed by atoms with van der Waals surface area (Å²) in [6, 6.07) is 0. The van der Waals surface area contributed by atoms with Crippen LogP contribution in [0.1, 0.15) is 8.56 Å². The molecule has 18 heavy (non-hydrogen) atoms. The summed E-state index contributed by atoms with van der Waals surface area (Å²) in [5, 5.41) is 0. The summed E-state index contributed by atoms with van der Waals surface area (Å²) in [6.07, 6.45) is 0. The molecule has 0 bridgehead atoms. The third-order valence-electron chi connectivity index (χ3n) is 0. The van der Waals surface area contributed by atoms with Crippen LogP contribution >= 0.6 is 0 Å². The largest absolute Gasteiger partial charge is 2.00 e. The van der Waals surface area contributed by atoms with Gasteiger partial charge in [0, 0.05) is 0 Å². The Labute approximate surface area is 203 Å². The average molecular weight is 415 g/mol. The molecule has 18 heteroatoms. The second kappa shape index (κ2) is 17.3. The Morgan fingerprint density at radius 3 is 0.333 bits per heavy atom. The molecule has 108 valence electrons. The van der Waals surface area contributed by atoms with E-state index >= 15 is 0 Å². The molecule has 0 rings (SSSR count). The maximum Gasteiger partial charge on any atom is 2.00 e. The van der Waals surface area contributed by atoms with Gasteiger partial charge in [-0.25, -0.2) is 0 Å². The van der Waals surface area contributed by atoms with Crippen LogP contribution in [0.5, 0.6) is 0 Å². The molecule has 0 aliphatic heterocycles. The maximum absolute atomic E-state index is 7.33. The smallest absolute Gasteiger partial charge is 1.00 e. The summed E-state index contributed by atoms with van der Waals surface area (Å²) in [5.74, 6) is 0. The molecule has 0 heterocycles. The number of hydrogen-bond acceptors (Lipinski definition) is 12. The van der Waals surface area contributed by atoms with Gasteiger partial charge in [0.15, 0.2) is 0 Å². The average Bonchev–Trinajstić information content (AvgIpc) is 1.41. The first-order valence-corrected chi connectivity index (χ1v) is 8.05. The normalized spacial score (nSPS) is 10.0. The van der Waals surface area contributed by atoms with E-state index in [1.54, 1.807) is 0 Å². The fourth-order valence-electron chi connectivity index (χ4n) is 0. The van der Waals surface area contributed by atoms with E-state index in [0.717, 1.165) is 0 Å². The second-order valence-corrected chi connectivity index (χ2v) is 5.40. The summed E-state index contributed by atoms with van der Waals surface area (Å²) in [6.45, 7) is 0. The van der Waals surface area contributed by atoms with Crippen LogP contribution in [0, 0.1) is 0 Å². The van der Waals surface area contributed by atoms with Gasteiger partial charge in [-0.3, -0.25) is 0 Å². The van der Waals surface area contributed by atoms with Crippen molar-refractivity contribution >= 4 is 140 Å². The Hall–Kier alpha value is 3.95. The van der Waals surface area contributed by atoms with Crippen molar-refractivity contribution in [1.29, 1.82) is 0 Å². The predicted octanol–water partition coefficient (Wildman–Crippen LogP) is -8.29. The monoisotopic (exact) mass is 414 g/mol. The number of rotatable bonds is 0. The van der Waals surface area contributed by atoms with E-state index < -0.39 is 27.1 Å². The molecule has 0 saturated heterocycles. The fourth-order valence-corrected chi connectivity index (χ4v) is 0. The molecule has 0 radical (unpaired) electrons. The van der Waals surface area contributed by atoms with Crippen LogP contribution in [0.25, 0.3) is 0 Å². The standard InChI is InChI=1S/3Ca.3H4O4Si.6H/c;;;3*1-5(2,3)4;;;;;;/h;;;3*1-4H;;;;;;/q3*+2;;;;6*-1. The van der Waals surface area contributed by atoms with Gasteiger partial charge in [-0.05, 0) is 0 Å². The molecule has 0 aliphatic rings. The summed E-state index contributed by atoms with van der Waals surface area (Å²) < 4.78 is 0. The fraction of sp³-hybridized carbons (Fsp3) is 0. The Morgan fingerprint density at radius 1 is 0.333 bits per heavy atom. The SMILES string of the molecule is O[Si](O)(O)O.O[Si](O)(O)O.O[Si](O)(O)O.[Ca+2].[Ca+2].[Ca+2].[H-].[H-].[H-].[H-].[H-].[H-]. The van der Waals surface area contributed by atoms with E-state index in [1.165, 1.54) is 0 Å². The second-order valence-electron chi connectivity index (χ2n) is 1.80. The first-order valence-electron chi connectivity index (χ1n) is 2.68. The van der Waals surface area contributed by atoms with Crippen LogP contribution in [0.3, 0.4) is 0 Å². The minimum absolute atomic E-state index is 0. The topological polar surface area (TPSA) is 243 Å². The number of hydrogen-bond donors (Lipinski definition) is 12. The molecule has 0 aliphatic carbocycles. The zero-order valence-electron chi connectivity index (χ0n) is 15.0. The molecule has 12 N–H and O–H groups in total. The quantitative estimate of drug-likeness (QED) is 0.165. The van der Waals surface area contributed by atoms with Gasteiger partial charge in [-0.15, -0.1) is 0 Å². The van der Waals surface area contributed by atoms with E-state index in [-0.39, 0.29) is 122 Å². The van der Waals surface area contributed by atoms with Crippen molar-refractivity contribution in [1.82, 2.24) is 0 Å². The van der Waals surface area contributed by atoms with Crippen molar-refractivity contribution in [2.45, 2.75) is 0 Å². The predicted molar refractivity (Wildman–Crippen MR) is 67.8 cm³/mol. The van der Waals surface area contributed by atoms with Crippen molar-refractivity contribution in [3.8, 4) is 0 Å². The van der Waals surface area contributed by atoms with E-state index in [0.29, 0.717) is 0 Å². The van der Waals surface area contributed by atoms with Gasteiger partial charge in [-0.2, -0.15) is 0 Å². The van der Waals surface area contributed by atoms with Gasteiger partial charge in [0.25, 0.3) is 0 Å². The molecule has 0 spiro atoms. The van der Waals surface area contributed by atoms with E-state index in [2.05, 4.69) is 0 Å². The third-order valence-corrected chi connectivity index (χ3v) is 0. The zero-order chi connectivity index (χ0) is 13.5. The molecule has 0 unspecified atom stereocenters. The van der Waals surface area contributed by atoms with Gasteiger partial charge in [0.1, 0.15) is 0 Å². The zero-order valence-corrected chi connectivity index (χ0v) is 18.6. The molecule has 0 amide bonds. The molecule has 0 fully saturated rings. The van der Waals surface area contributed by atoms with Gasteiger partial charge >= 0.3 is 140 Å². The van der Waals surface area contributed by atoms with Crippen molar-refractivity contribution < 1.29 is 66.1 Å². The minimum atomic E-state index is -4.61. The van der Waals surface area contributed by atoms with E-state index in [4.69, 9.17) is 57.5 Å². The van der Waals surface area contributed by atoms with Crippen molar-refractivity contribution in [3.05, 3.63) is 0 Å². The Balaban J connectivity index is -0.00000000758. The van der Waals surface area contributed by atoms with Crippen LogP contribution in [-0.2, 0) is 0 Å². The molecule has 0 atom stereocenters. The summed E-state index contributed by atoms with van der Waals surface area (Å²) in [7, 11) is -13.8. The van der Waals surface area contributed by atoms with Gasteiger partial charge in [0.05, 0.1) is 0 Å². The maximum atomic E-state index is 7.33. The van der Waals surface area contributed by atoms with Crippen LogP contribution in [0.4, 0.5) is 0 Å². The van der Waals surface area contributed by atoms with Crippen LogP contribution in [-0.4, -0.2) is 198 Å². The van der Waals surface area contributed by atoms with E-state index in [9.17, 15) is 0 Å². The van der Waals surface area contributed by atoms with Crippen molar-refractivity contribution in [3.63, 3.8) is 0 Å². The third kappa shape index (κ3) is 459. The summed E-state index contributed by atoms with van der Waals surface area (Å²) in [4.78, 5) is 87.9. The van der Waals surface area contributed by atoms with Crippen molar-refractivity contribution in [2.24, 2.45) is 0 Å². The Morgan fingerprint density at radius 2 is 0.333 bits per heavy atom. The van der Waals surface area contributed by atoms with Crippen LogP contribution < -0.4 is 0 Å². The molecular weight excluding hydrogens is 396 g/mol.